The van der Waals surface area contributed by atoms with E-state index in [2.05, 4.69) is 80.2 Å². The Kier molecular flexibility index (Phi) is 9.59. The van der Waals surface area contributed by atoms with Crippen LogP contribution >= 0.6 is 12.6 Å². The van der Waals surface area contributed by atoms with E-state index in [9.17, 15) is 9.90 Å². The molecular weight excluding hydrogens is 380 g/mol. The molecule has 1 unspecified atom stereocenters. The standard InChI is InChI=1S/C25H42O3S/c1-17(2)11-9-10-12-19(28-22(26)16-29)13-18-14-20(24(3,4)5)23(27)21(15-18)25(6,7)8/h14-15,17,19,27,29H,9-13,16H2,1-8H3. The monoisotopic (exact) mass is 422 g/mol. The van der Waals surface area contributed by atoms with Crippen LogP contribution in [0.4, 0.5) is 0 Å². The number of ether oxygens (including phenoxy) is 1. The lowest BCUT2D eigenvalue weighted by Gasteiger charge is -2.29. The summed E-state index contributed by atoms with van der Waals surface area (Å²) in [5.41, 5.74) is 2.65. The Balaban J connectivity index is 3.17. The average Bonchev–Trinajstić information content (AvgIpc) is 2.57. The summed E-state index contributed by atoms with van der Waals surface area (Å²) in [7, 11) is 0. The summed E-state index contributed by atoms with van der Waals surface area (Å²) < 4.78 is 5.71. The maximum absolute atomic E-state index is 11.9. The highest BCUT2D eigenvalue weighted by Crippen LogP contribution is 2.40. The molecule has 29 heavy (non-hydrogen) atoms. The Morgan fingerprint density at radius 1 is 1.00 bits per heavy atom. The lowest BCUT2D eigenvalue weighted by atomic mass is 9.78. The van der Waals surface area contributed by atoms with Gasteiger partial charge >= 0.3 is 5.97 Å². The number of esters is 1. The minimum absolute atomic E-state index is 0.0958. The van der Waals surface area contributed by atoms with Gasteiger partial charge < -0.3 is 9.84 Å². The number of carbonyl (C=O) groups excluding carboxylic acids is 1. The summed E-state index contributed by atoms with van der Waals surface area (Å²) in [5.74, 6) is 0.898. The van der Waals surface area contributed by atoms with Crippen LogP contribution in [-0.2, 0) is 26.8 Å². The third-order valence-electron chi connectivity index (χ3n) is 5.23. The quantitative estimate of drug-likeness (QED) is 0.268. The number of aromatic hydroxyl groups is 1. The number of carbonyl (C=O) groups is 1. The molecular formula is C25H42O3S. The van der Waals surface area contributed by atoms with Crippen molar-refractivity contribution in [1.82, 2.24) is 0 Å². The van der Waals surface area contributed by atoms with Gasteiger partial charge in [-0.05, 0) is 46.3 Å². The molecule has 0 aliphatic rings. The van der Waals surface area contributed by atoms with Gasteiger partial charge in [-0.25, -0.2) is 0 Å². The van der Waals surface area contributed by atoms with Crippen LogP contribution in [0, 0.1) is 5.92 Å². The van der Waals surface area contributed by atoms with Crippen molar-refractivity contribution in [2.24, 2.45) is 5.92 Å². The molecule has 1 atom stereocenters. The van der Waals surface area contributed by atoms with E-state index in [1.54, 1.807) is 0 Å². The second kappa shape index (κ2) is 10.7. The van der Waals surface area contributed by atoms with Gasteiger partial charge in [0.05, 0.1) is 5.75 Å². The Morgan fingerprint density at radius 3 is 1.90 bits per heavy atom. The van der Waals surface area contributed by atoms with Crippen LogP contribution in [0.3, 0.4) is 0 Å². The molecule has 0 radical (unpaired) electrons. The fourth-order valence-corrected chi connectivity index (χ4v) is 3.64. The maximum Gasteiger partial charge on any atom is 0.315 e. The Bertz CT molecular complexity index is 631. The fraction of sp³-hybridized carbons (Fsp3) is 0.720. The fourth-order valence-electron chi connectivity index (χ4n) is 3.57. The zero-order valence-electron chi connectivity index (χ0n) is 19.8. The van der Waals surface area contributed by atoms with Crippen molar-refractivity contribution in [2.45, 2.75) is 104 Å². The average molecular weight is 423 g/mol. The number of benzene rings is 1. The molecule has 166 valence electrons. The first-order chi connectivity index (χ1) is 13.3. The summed E-state index contributed by atoms with van der Waals surface area (Å²) in [4.78, 5) is 11.9. The van der Waals surface area contributed by atoms with E-state index in [4.69, 9.17) is 4.74 Å². The second-order valence-corrected chi connectivity index (χ2v) is 11.0. The van der Waals surface area contributed by atoms with Crippen LogP contribution in [0.15, 0.2) is 12.1 Å². The topological polar surface area (TPSA) is 46.5 Å². The molecule has 0 aromatic heterocycles. The number of rotatable bonds is 9. The van der Waals surface area contributed by atoms with Crippen LogP contribution < -0.4 is 0 Å². The van der Waals surface area contributed by atoms with Crippen molar-refractivity contribution < 1.29 is 14.6 Å². The molecule has 1 aromatic rings. The Labute approximate surface area is 184 Å². The van der Waals surface area contributed by atoms with Gasteiger partial charge in [-0.2, -0.15) is 12.6 Å². The number of hydrogen-bond donors (Lipinski definition) is 2. The Morgan fingerprint density at radius 2 is 1.48 bits per heavy atom. The van der Waals surface area contributed by atoms with E-state index in [0.29, 0.717) is 18.1 Å². The first-order valence-corrected chi connectivity index (χ1v) is 11.6. The van der Waals surface area contributed by atoms with Gasteiger partial charge in [0.1, 0.15) is 11.9 Å². The smallest absolute Gasteiger partial charge is 0.315 e. The van der Waals surface area contributed by atoms with E-state index in [1.165, 1.54) is 6.42 Å². The van der Waals surface area contributed by atoms with Crippen molar-refractivity contribution in [3.8, 4) is 5.75 Å². The Hall–Kier alpha value is -1.16. The van der Waals surface area contributed by atoms with Crippen molar-refractivity contribution >= 4 is 18.6 Å². The van der Waals surface area contributed by atoms with Crippen LogP contribution in [0.5, 0.6) is 5.75 Å². The minimum atomic E-state index is -0.270. The van der Waals surface area contributed by atoms with Gasteiger partial charge in [0, 0.05) is 6.42 Å². The summed E-state index contributed by atoms with van der Waals surface area (Å²) >= 11 is 4.07. The van der Waals surface area contributed by atoms with Gasteiger partial charge in [0.25, 0.3) is 0 Å². The maximum atomic E-state index is 11.9. The molecule has 0 saturated carbocycles. The molecule has 0 saturated heterocycles. The van der Waals surface area contributed by atoms with E-state index in [1.807, 2.05) is 0 Å². The molecule has 0 spiro atoms. The van der Waals surface area contributed by atoms with Crippen molar-refractivity contribution in [3.05, 3.63) is 28.8 Å². The SMILES string of the molecule is CC(C)CCCCC(Cc1cc(C(C)(C)C)c(O)c(C(C)(C)C)c1)OC(=O)CS. The van der Waals surface area contributed by atoms with E-state index < -0.39 is 0 Å². The lowest BCUT2D eigenvalue weighted by molar-refractivity contribution is -0.146. The summed E-state index contributed by atoms with van der Waals surface area (Å²) in [6.45, 7) is 17.1. The highest BCUT2D eigenvalue weighted by Gasteiger charge is 2.27. The molecule has 1 N–H and O–H groups in total. The molecule has 0 fully saturated rings. The van der Waals surface area contributed by atoms with Crippen molar-refractivity contribution in [2.75, 3.05) is 5.75 Å². The summed E-state index contributed by atoms with van der Waals surface area (Å²) in [6.07, 6.45) is 4.72. The molecule has 1 rings (SSSR count). The third-order valence-corrected chi connectivity index (χ3v) is 5.49. The van der Waals surface area contributed by atoms with E-state index in [0.717, 1.165) is 36.0 Å². The van der Waals surface area contributed by atoms with Crippen molar-refractivity contribution in [1.29, 1.82) is 0 Å². The molecule has 4 heteroatoms. The largest absolute Gasteiger partial charge is 0.507 e. The van der Waals surface area contributed by atoms with Gasteiger partial charge in [0.15, 0.2) is 0 Å². The highest BCUT2D eigenvalue weighted by atomic mass is 32.1. The lowest BCUT2D eigenvalue weighted by Crippen LogP contribution is -2.23. The first-order valence-electron chi connectivity index (χ1n) is 10.9. The molecule has 0 bridgehead atoms. The minimum Gasteiger partial charge on any atom is -0.507 e. The predicted molar refractivity (Wildman–Crippen MR) is 126 cm³/mol. The summed E-state index contributed by atoms with van der Waals surface area (Å²) in [6, 6.07) is 4.17. The highest BCUT2D eigenvalue weighted by molar-refractivity contribution is 7.81. The van der Waals surface area contributed by atoms with Gasteiger partial charge in [0.2, 0.25) is 0 Å². The zero-order valence-corrected chi connectivity index (χ0v) is 20.7. The van der Waals surface area contributed by atoms with Crippen LogP contribution in [-0.4, -0.2) is 22.9 Å². The molecule has 0 heterocycles. The molecule has 3 nitrogen and oxygen atoms in total. The second-order valence-electron chi connectivity index (χ2n) is 10.7. The third kappa shape index (κ3) is 8.62. The normalized spacial score (nSPS) is 13.6. The molecule has 1 aromatic carbocycles. The number of hydrogen-bond acceptors (Lipinski definition) is 4. The van der Waals surface area contributed by atoms with Crippen LogP contribution in [0.2, 0.25) is 0 Å². The van der Waals surface area contributed by atoms with Crippen LogP contribution in [0.1, 0.15) is 97.8 Å². The predicted octanol–water partition coefficient (Wildman–Crippen LogP) is 6.59. The van der Waals surface area contributed by atoms with Gasteiger partial charge in [-0.1, -0.05) is 80.4 Å². The zero-order chi connectivity index (χ0) is 22.4. The van der Waals surface area contributed by atoms with Gasteiger partial charge in [-0.15, -0.1) is 0 Å². The van der Waals surface area contributed by atoms with E-state index >= 15 is 0 Å². The number of phenolic OH excluding ortho intramolecular Hbond substituents is 1. The van der Waals surface area contributed by atoms with Crippen LogP contribution in [0.25, 0.3) is 0 Å². The molecule has 0 aliphatic carbocycles. The number of thiol groups is 1. The van der Waals surface area contributed by atoms with E-state index in [-0.39, 0.29) is 28.7 Å². The van der Waals surface area contributed by atoms with Crippen molar-refractivity contribution in [3.63, 3.8) is 0 Å². The molecule has 0 aliphatic heterocycles. The number of unbranched alkanes of at least 4 members (excludes halogenated alkanes) is 1. The summed E-state index contributed by atoms with van der Waals surface area (Å²) in [5, 5.41) is 10.9. The number of phenols is 1. The van der Waals surface area contributed by atoms with Gasteiger partial charge in [-0.3, -0.25) is 4.79 Å². The first kappa shape index (κ1) is 25.9. The molecule has 0 amide bonds.